The molecule has 124 valence electrons. The largest absolute Gasteiger partial charge is 0.374 e. The maximum absolute atomic E-state index is 13.0. The molecule has 0 spiro atoms. The van der Waals surface area contributed by atoms with Gasteiger partial charge >= 0.3 is 0 Å². The second kappa shape index (κ2) is 5.18. The van der Waals surface area contributed by atoms with E-state index in [2.05, 4.69) is 9.97 Å². The van der Waals surface area contributed by atoms with Gasteiger partial charge in [-0.1, -0.05) is 30.3 Å². The lowest BCUT2D eigenvalue weighted by Crippen LogP contribution is -2.32. The van der Waals surface area contributed by atoms with Gasteiger partial charge in [-0.15, -0.1) is 0 Å². The fraction of sp³-hybridized carbons (Fsp3) is 0.474. The van der Waals surface area contributed by atoms with E-state index in [1.54, 1.807) is 0 Å². The number of fused-ring (bicyclic) bond motifs is 5. The number of nitrogens with zero attached hydrogens (tertiary/aromatic N) is 2. The van der Waals surface area contributed by atoms with Crippen LogP contribution in [0.3, 0.4) is 0 Å². The Bertz CT molecular complexity index is 767. The number of aromatic nitrogens is 2. The summed E-state index contributed by atoms with van der Waals surface area (Å²) in [7, 11) is 0. The topological polar surface area (TPSA) is 58.2 Å². The quantitative estimate of drug-likeness (QED) is 0.924. The Labute approximate surface area is 141 Å². The molecule has 3 aliphatic heterocycles. The third-order valence-corrected chi connectivity index (χ3v) is 5.87. The van der Waals surface area contributed by atoms with Gasteiger partial charge < -0.3 is 14.6 Å². The lowest BCUT2D eigenvalue weighted by molar-refractivity contribution is 0.0591. The Balaban J connectivity index is 1.39. The number of carbonyl (C=O) groups is 1. The van der Waals surface area contributed by atoms with Gasteiger partial charge in [-0.2, -0.15) is 0 Å². The Morgan fingerprint density at radius 2 is 1.83 bits per heavy atom. The normalized spacial score (nSPS) is 30.8. The molecular formula is C19H21N3O2. The highest BCUT2D eigenvalue weighted by Crippen LogP contribution is 2.47. The summed E-state index contributed by atoms with van der Waals surface area (Å²) in [6, 6.07) is 9.94. The van der Waals surface area contributed by atoms with Gasteiger partial charge in [-0.3, -0.25) is 4.79 Å². The van der Waals surface area contributed by atoms with Crippen molar-refractivity contribution in [1.82, 2.24) is 14.9 Å². The molecule has 3 fully saturated rings. The molecule has 4 atom stereocenters. The number of aryl methyl sites for hydroxylation is 1. The molecule has 0 saturated carbocycles. The molecule has 3 aliphatic rings. The van der Waals surface area contributed by atoms with Crippen LogP contribution in [0.1, 0.15) is 29.0 Å². The summed E-state index contributed by atoms with van der Waals surface area (Å²) in [6.45, 7) is 3.56. The smallest absolute Gasteiger partial charge is 0.274 e. The third-order valence-electron chi connectivity index (χ3n) is 5.87. The molecule has 1 aromatic heterocycles. The highest BCUT2D eigenvalue weighted by Gasteiger charge is 2.54. The fourth-order valence-electron chi connectivity index (χ4n) is 4.68. The maximum Gasteiger partial charge on any atom is 0.274 e. The zero-order valence-corrected chi connectivity index (χ0v) is 13.7. The van der Waals surface area contributed by atoms with Crippen LogP contribution in [-0.2, 0) is 4.74 Å². The molecule has 5 rings (SSSR count). The Morgan fingerprint density at radius 3 is 2.50 bits per heavy atom. The predicted molar refractivity (Wildman–Crippen MR) is 89.5 cm³/mol. The van der Waals surface area contributed by atoms with E-state index in [1.165, 1.54) is 0 Å². The molecule has 2 bridgehead atoms. The number of likely N-dealkylation sites (tertiary alicyclic amines) is 1. The summed E-state index contributed by atoms with van der Waals surface area (Å²) in [6.07, 6.45) is 3.07. The van der Waals surface area contributed by atoms with E-state index in [4.69, 9.17) is 4.74 Å². The van der Waals surface area contributed by atoms with Crippen LogP contribution in [-0.4, -0.2) is 46.1 Å². The Kier molecular flexibility index (Phi) is 3.07. The average molecular weight is 323 g/mol. The van der Waals surface area contributed by atoms with Crippen molar-refractivity contribution in [2.45, 2.75) is 32.0 Å². The first-order valence-electron chi connectivity index (χ1n) is 8.77. The molecule has 0 aliphatic carbocycles. The minimum atomic E-state index is 0.0553. The Morgan fingerprint density at radius 1 is 1.17 bits per heavy atom. The number of aromatic amines is 1. The zero-order valence-electron chi connectivity index (χ0n) is 13.7. The van der Waals surface area contributed by atoms with Gasteiger partial charge in [0.25, 0.3) is 5.91 Å². The number of ether oxygens (including phenoxy) is 1. The van der Waals surface area contributed by atoms with Gasteiger partial charge in [-0.05, 0) is 19.8 Å². The van der Waals surface area contributed by atoms with Gasteiger partial charge in [0, 0.05) is 36.2 Å². The van der Waals surface area contributed by atoms with Crippen molar-refractivity contribution in [1.29, 1.82) is 0 Å². The molecule has 0 radical (unpaired) electrons. The highest BCUT2D eigenvalue weighted by atomic mass is 16.5. The number of imidazole rings is 1. The first kappa shape index (κ1) is 14.2. The molecule has 5 heteroatoms. The van der Waals surface area contributed by atoms with Gasteiger partial charge in [-0.25, -0.2) is 4.98 Å². The van der Waals surface area contributed by atoms with Gasteiger partial charge in [0.2, 0.25) is 0 Å². The number of nitrogens with one attached hydrogen (secondary N) is 1. The van der Waals surface area contributed by atoms with E-state index in [9.17, 15) is 4.79 Å². The minimum Gasteiger partial charge on any atom is -0.374 e. The van der Waals surface area contributed by atoms with E-state index in [1.807, 2.05) is 42.2 Å². The SMILES string of the molecule is Cc1[nH]c(-c2ccccc2)nc1C(=O)N1C[C@@H]2[C@H](C1)[C@H]1CC[C@@H]2O1. The number of benzene rings is 1. The number of H-pyrrole nitrogens is 1. The van der Waals surface area contributed by atoms with E-state index in [0.29, 0.717) is 29.7 Å². The minimum absolute atomic E-state index is 0.0553. The molecule has 5 nitrogen and oxygen atoms in total. The van der Waals surface area contributed by atoms with Crippen molar-refractivity contribution in [3.8, 4) is 11.4 Å². The Hall–Kier alpha value is -2.14. The van der Waals surface area contributed by atoms with E-state index in [0.717, 1.165) is 43.0 Å². The van der Waals surface area contributed by atoms with Crippen molar-refractivity contribution < 1.29 is 9.53 Å². The molecular weight excluding hydrogens is 302 g/mol. The lowest BCUT2D eigenvalue weighted by Gasteiger charge is -2.18. The molecule has 1 aromatic carbocycles. The number of rotatable bonds is 2. The summed E-state index contributed by atoms with van der Waals surface area (Å²) in [5.74, 6) is 1.88. The maximum atomic E-state index is 13.0. The van der Waals surface area contributed by atoms with Crippen LogP contribution in [0.5, 0.6) is 0 Å². The molecule has 2 aromatic rings. The van der Waals surface area contributed by atoms with Crippen LogP contribution in [0.2, 0.25) is 0 Å². The summed E-state index contributed by atoms with van der Waals surface area (Å²) in [5.41, 5.74) is 2.40. The predicted octanol–water partition coefficient (Wildman–Crippen LogP) is 2.63. The van der Waals surface area contributed by atoms with E-state index < -0.39 is 0 Å². The summed E-state index contributed by atoms with van der Waals surface area (Å²) < 4.78 is 6.00. The van der Waals surface area contributed by atoms with Crippen LogP contribution >= 0.6 is 0 Å². The van der Waals surface area contributed by atoms with Gasteiger partial charge in [0.15, 0.2) is 0 Å². The monoisotopic (exact) mass is 323 g/mol. The first-order valence-corrected chi connectivity index (χ1v) is 8.77. The summed E-state index contributed by atoms with van der Waals surface area (Å²) in [5, 5.41) is 0. The van der Waals surface area contributed by atoms with Crippen LogP contribution in [0.4, 0.5) is 0 Å². The number of hydrogen-bond acceptors (Lipinski definition) is 3. The van der Waals surface area contributed by atoms with Gasteiger partial charge in [0.1, 0.15) is 11.5 Å². The highest BCUT2D eigenvalue weighted by molar-refractivity contribution is 5.94. The number of hydrogen-bond donors (Lipinski definition) is 1. The molecule has 3 saturated heterocycles. The molecule has 24 heavy (non-hydrogen) atoms. The van der Waals surface area contributed by atoms with Crippen LogP contribution in [0, 0.1) is 18.8 Å². The molecule has 4 heterocycles. The molecule has 1 N–H and O–H groups in total. The summed E-state index contributed by atoms with van der Waals surface area (Å²) >= 11 is 0. The van der Waals surface area contributed by atoms with E-state index >= 15 is 0 Å². The standard InChI is InChI=1S/C19H21N3O2/c1-11-17(21-18(20-11)12-5-3-2-4-6-12)19(23)22-9-13-14(10-22)16-8-7-15(13)24-16/h2-6,13-16H,7-10H2,1H3,(H,20,21)/t13-,14+,15+,16-. The van der Waals surface area contributed by atoms with E-state index in [-0.39, 0.29) is 5.91 Å². The number of carbonyl (C=O) groups excluding carboxylic acids is 1. The van der Waals surface area contributed by atoms with Crippen LogP contribution in [0.25, 0.3) is 11.4 Å². The second-order valence-electron chi connectivity index (χ2n) is 7.25. The fourth-order valence-corrected chi connectivity index (χ4v) is 4.68. The van der Waals surface area contributed by atoms with Gasteiger partial charge in [0.05, 0.1) is 12.2 Å². The average Bonchev–Trinajstić information content (AvgIpc) is 3.36. The van der Waals surface area contributed by atoms with Crippen molar-refractivity contribution >= 4 is 5.91 Å². The van der Waals surface area contributed by atoms with Crippen molar-refractivity contribution in [2.24, 2.45) is 11.8 Å². The summed E-state index contributed by atoms with van der Waals surface area (Å²) in [4.78, 5) is 22.8. The van der Waals surface area contributed by atoms with Crippen molar-refractivity contribution in [3.05, 3.63) is 41.7 Å². The second-order valence-corrected chi connectivity index (χ2v) is 7.25. The molecule has 1 amide bonds. The van der Waals surface area contributed by atoms with Crippen LogP contribution < -0.4 is 0 Å². The zero-order chi connectivity index (χ0) is 16.3. The van der Waals surface area contributed by atoms with Crippen molar-refractivity contribution in [2.75, 3.05) is 13.1 Å². The third kappa shape index (κ3) is 2.04. The van der Waals surface area contributed by atoms with Crippen LogP contribution in [0.15, 0.2) is 30.3 Å². The molecule has 0 unspecified atom stereocenters. The lowest BCUT2D eigenvalue weighted by atomic mass is 9.82. The van der Waals surface area contributed by atoms with Crippen molar-refractivity contribution in [3.63, 3.8) is 0 Å². The first-order chi connectivity index (χ1) is 11.7. The number of amides is 1.